The summed E-state index contributed by atoms with van der Waals surface area (Å²) in [5.74, 6) is -1.33. The van der Waals surface area contributed by atoms with Crippen LogP contribution in [0.3, 0.4) is 0 Å². The number of esters is 1. The van der Waals surface area contributed by atoms with Crippen LogP contribution >= 0.6 is 22.9 Å². The maximum atomic E-state index is 12.7. The Bertz CT molecular complexity index is 284. The summed E-state index contributed by atoms with van der Waals surface area (Å²) in [6, 6.07) is 1.08. The van der Waals surface area contributed by atoms with E-state index in [9.17, 15) is 9.18 Å². The molecule has 1 aromatic rings. The summed E-state index contributed by atoms with van der Waals surface area (Å²) in [5.41, 5.74) is 0. The van der Waals surface area contributed by atoms with Gasteiger partial charge in [0.25, 0.3) is 0 Å². The van der Waals surface area contributed by atoms with Crippen molar-refractivity contribution in [2.24, 2.45) is 0 Å². The van der Waals surface area contributed by atoms with Crippen molar-refractivity contribution in [1.29, 1.82) is 0 Å². The van der Waals surface area contributed by atoms with Gasteiger partial charge in [-0.15, -0.1) is 11.3 Å². The van der Waals surface area contributed by atoms with Gasteiger partial charge in [0.2, 0.25) is 0 Å². The largest absolute Gasteiger partial charge is 0.465 e. The van der Waals surface area contributed by atoms with Gasteiger partial charge in [-0.3, -0.25) is 0 Å². The Morgan fingerprint density at radius 1 is 1.82 bits per heavy atom. The molecule has 0 saturated carbocycles. The highest BCUT2D eigenvalue weighted by Gasteiger charge is 2.15. The zero-order valence-corrected chi connectivity index (χ0v) is 7.13. The molecule has 60 valence electrons. The predicted octanol–water partition coefficient (Wildman–Crippen LogP) is 2.33. The van der Waals surface area contributed by atoms with E-state index in [0.717, 1.165) is 17.4 Å². The fourth-order valence-corrected chi connectivity index (χ4v) is 1.58. The number of halogens is 2. The van der Waals surface area contributed by atoms with Gasteiger partial charge in [-0.2, -0.15) is 0 Å². The molecule has 0 aliphatic rings. The van der Waals surface area contributed by atoms with Gasteiger partial charge in [0.05, 0.1) is 11.4 Å². The Hall–Kier alpha value is -0.610. The van der Waals surface area contributed by atoms with E-state index in [2.05, 4.69) is 4.74 Å². The van der Waals surface area contributed by atoms with Crippen LogP contribution in [0.25, 0.3) is 0 Å². The SMILES string of the molecule is COC(=O)c1sc(Cl)cc1F. The molecule has 11 heavy (non-hydrogen) atoms. The van der Waals surface area contributed by atoms with Crippen LogP contribution in [0.15, 0.2) is 6.07 Å². The molecule has 1 rings (SSSR count). The molecule has 1 heterocycles. The number of hydrogen-bond donors (Lipinski definition) is 0. The summed E-state index contributed by atoms with van der Waals surface area (Å²) in [4.78, 5) is 10.7. The monoisotopic (exact) mass is 194 g/mol. The average Bonchev–Trinajstić information content (AvgIpc) is 2.28. The first-order chi connectivity index (χ1) is 5.15. The summed E-state index contributed by atoms with van der Waals surface area (Å²) in [5, 5.41) is 0. The summed E-state index contributed by atoms with van der Waals surface area (Å²) in [6.07, 6.45) is 0. The summed E-state index contributed by atoms with van der Waals surface area (Å²) in [6.45, 7) is 0. The highest BCUT2D eigenvalue weighted by molar-refractivity contribution is 7.17. The van der Waals surface area contributed by atoms with Crippen LogP contribution in [0.5, 0.6) is 0 Å². The summed E-state index contributed by atoms with van der Waals surface area (Å²) >= 11 is 6.30. The Kier molecular flexibility index (Phi) is 2.46. The van der Waals surface area contributed by atoms with E-state index in [0.29, 0.717) is 0 Å². The van der Waals surface area contributed by atoms with E-state index in [1.165, 1.54) is 7.11 Å². The van der Waals surface area contributed by atoms with Crippen molar-refractivity contribution in [2.45, 2.75) is 0 Å². The standard InChI is InChI=1S/C6H4ClFO2S/c1-10-6(9)5-3(8)2-4(7)11-5/h2H,1H3. The molecule has 0 saturated heterocycles. The van der Waals surface area contributed by atoms with Crippen molar-refractivity contribution in [3.63, 3.8) is 0 Å². The molecule has 1 aromatic heterocycles. The Balaban J connectivity index is 3.03. The molecular formula is C6H4ClFO2S. The average molecular weight is 195 g/mol. The number of carbonyl (C=O) groups excluding carboxylic acids is 1. The van der Waals surface area contributed by atoms with Gasteiger partial charge in [0, 0.05) is 6.07 Å². The predicted molar refractivity (Wildman–Crippen MR) is 40.6 cm³/mol. The van der Waals surface area contributed by atoms with E-state index in [1.807, 2.05) is 0 Å². The Morgan fingerprint density at radius 3 is 2.82 bits per heavy atom. The number of rotatable bonds is 1. The molecule has 0 radical (unpaired) electrons. The second-order valence-corrected chi connectivity index (χ2v) is 3.40. The smallest absolute Gasteiger partial charge is 0.351 e. The van der Waals surface area contributed by atoms with Crippen molar-refractivity contribution in [3.8, 4) is 0 Å². The molecule has 0 fully saturated rings. The number of carbonyl (C=O) groups is 1. The maximum absolute atomic E-state index is 12.7. The van der Waals surface area contributed by atoms with E-state index in [4.69, 9.17) is 11.6 Å². The van der Waals surface area contributed by atoms with Gasteiger partial charge < -0.3 is 4.74 Å². The van der Waals surface area contributed by atoms with E-state index in [1.54, 1.807) is 0 Å². The lowest BCUT2D eigenvalue weighted by atomic mass is 10.4. The molecule has 0 unspecified atom stereocenters. The van der Waals surface area contributed by atoms with E-state index >= 15 is 0 Å². The third-order valence-corrected chi connectivity index (χ3v) is 2.25. The van der Waals surface area contributed by atoms with Gasteiger partial charge in [-0.1, -0.05) is 11.6 Å². The minimum Gasteiger partial charge on any atom is -0.465 e. The highest BCUT2D eigenvalue weighted by Crippen LogP contribution is 2.25. The van der Waals surface area contributed by atoms with Crippen LogP contribution in [-0.2, 0) is 4.74 Å². The molecule has 0 bridgehead atoms. The lowest BCUT2D eigenvalue weighted by Gasteiger charge is -1.92. The molecule has 0 aliphatic carbocycles. The molecule has 5 heteroatoms. The lowest BCUT2D eigenvalue weighted by molar-refractivity contribution is 0.0601. The number of ether oxygens (including phenoxy) is 1. The number of hydrogen-bond acceptors (Lipinski definition) is 3. The quantitative estimate of drug-likeness (QED) is 0.642. The molecular weight excluding hydrogens is 191 g/mol. The van der Waals surface area contributed by atoms with Gasteiger partial charge in [0.15, 0.2) is 0 Å². The third kappa shape index (κ3) is 1.70. The molecule has 0 atom stereocenters. The minimum absolute atomic E-state index is 0.0856. The van der Waals surface area contributed by atoms with Crippen LogP contribution in [0.4, 0.5) is 4.39 Å². The van der Waals surface area contributed by atoms with Crippen LogP contribution in [0.1, 0.15) is 9.67 Å². The van der Waals surface area contributed by atoms with Crippen molar-refractivity contribution in [1.82, 2.24) is 0 Å². The summed E-state index contributed by atoms with van der Waals surface area (Å²) < 4.78 is 17.2. The highest BCUT2D eigenvalue weighted by atomic mass is 35.5. The second-order valence-electron chi connectivity index (χ2n) is 1.72. The zero-order chi connectivity index (χ0) is 8.43. The van der Waals surface area contributed by atoms with Crippen molar-refractivity contribution >= 4 is 28.9 Å². The number of thiophene rings is 1. The number of methoxy groups -OCH3 is 1. The van der Waals surface area contributed by atoms with Crippen LogP contribution in [0, 0.1) is 5.82 Å². The zero-order valence-electron chi connectivity index (χ0n) is 5.56. The van der Waals surface area contributed by atoms with Gasteiger partial charge >= 0.3 is 5.97 Å². The Labute approximate surface area is 71.5 Å². The molecule has 2 nitrogen and oxygen atoms in total. The first-order valence-corrected chi connectivity index (χ1v) is 3.87. The fourth-order valence-electron chi connectivity index (χ4n) is 0.573. The van der Waals surface area contributed by atoms with Gasteiger partial charge in [0.1, 0.15) is 10.7 Å². The van der Waals surface area contributed by atoms with Crippen molar-refractivity contribution in [3.05, 3.63) is 21.1 Å². The Morgan fingerprint density at radius 2 is 2.45 bits per heavy atom. The third-order valence-electron chi connectivity index (χ3n) is 1.03. The first kappa shape index (κ1) is 8.49. The topological polar surface area (TPSA) is 26.3 Å². The van der Waals surface area contributed by atoms with Crippen molar-refractivity contribution < 1.29 is 13.9 Å². The first-order valence-electron chi connectivity index (χ1n) is 2.68. The fraction of sp³-hybridized carbons (Fsp3) is 0.167. The van der Waals surface area contributed by atoms with Crippen LogP contribution in [-0.4, -0.2) is 13.1 Å². The minimum atomic E-state index is -0.695. The van der Waals surface area contributed by atoms with Crippen molar-refractivity contribution in [2.75, 3.05) is 7.11 Å². The normalized spacial score (nSPS) is 9.73. The maximum Gasteiger partial charge on any atom is 0.351 e. The molecule has 0 aromatic carbocycles. The molecule has 0 aliphatic heterocycles. The summed E-state index contributed by atoms with van der Waals surface area (Å²) in [7, 11) is 1.19. The molecule has 0 N–H and O–H groups in total. The van der Waals surface area contributed by atoms with Crippen LogP contribution < -0.4 is 0 Å². The van der Waals surface area contributed by atoms with Gasteiger partial charge in [-0.25, -0.2) is 9.18 Å². The van der Waals surface area contributed by atoms with E-state index < -0.39 is 11.8 Å². The van der Waals surface area contributed by atoms with Crippen LogP contribution in [0.2, 0.25) is 4.34 Å². The van der Waals surface area contributed by atoms with Gasteiger partial charge in [-0.05, 0) is 0 Å². The molecule has 0 spiro atoms. The molecule has 0 amide bonds. The lowest BCUT2D eigenvalue weighted by Crippen LogP contribution is -1.99. The second kappa shape index (κ2) is 3.19. The van der Waals surface area contributed by atoms with E-state index in [-0.39, 0.29) is 9.21 Å².